The quantitative estimate of drug-likeness (QED) is 0.428. The fraction of sp³-hybridized carbons (Fsp3) is 0.250. The molecule has 2 atom stereocenters. The number of carbonyl (C=O) groups excluding carboxylic acids is 2. The third-order valence-corrected chi connectivity index (χ3v) is 6.45. The molecule has 3 heterocycles. The maximum atomic E-state index is 13.0. The van der Waals surface area contributed by atoms with E-state index in [0.29, 0.717) is 12.1 Å². The van der Waals surface area contributed by atoms with E-state index < -0.39 is 6.04 Å². The highest BCUT2D eigenvalue weighted by Gasteiger charge is 2.26. The lowest BCUT2D eigenvalue weighted by molar-refractivity contribution is -0.124. The summed E-state index contributed by atoms with van der Waals surface area (Å²) in [6.45, 7) is 4.28. The number of aromatic nitrogens is 3. The van der Waals surface area contributed by atoms with Crippen LogP contribution in [0.5, 0.6) is 0 Å². The van der Waals surface area contributed by atoms with Crippen LogP contribution in [-0.4, -0.2) is 32.4 Å². The number of hydrogen-bond acceptors (Lipinski definition) is 5. The summed E-state index contributed by atoms with van der Waals surface area (Å²) in [6, 6.07) is 14.2. The lowest BCUT2D eigenvalue weighted by atomic mass is 9.97. The summed E-state index contributed by atoms with van der Waals surface area (Å²) in [5, 5.41) is 6.66. The van der Waals surface area contributed by atoms with Crippen molar-refractivity contribution in [2.24, 2.45) is 5.92 Å². The zero-order valence-corrected chi connectivity index (χ0v) is 18.8. The number of carbonyl (C=O) groups is 2. The molecule has 0 radical (unpaired) electrons. The summed E-state index contributed by atoms with van der Waals surface area (Å²) in [7, 11) is 0. The minimum absolute atomic E-state index is 0.0184. The molecule has 32 heavy (non-hydrogen) atoms. The van der Waals surface area contributed by atoms with Gasteiger partial charge in [0.2, 0.25) is 5.91 Å². The molecule has 0 bridgehead atoms. The minimum atomic E-state index is -0.635. The van der Waals surface area contributed by atoms with Crippen LogP contribution < -0.4 is 10.6 Å². The first-order valence-electron chi connectivity index (χ1n) is 10.6. The van der Waals surface area contributed by atoms with Gasteiger partial charge in [0.05, 0.1) is 22.5 Å². The molecule has 4 aromatic rings. The van der Waals surface area contributed by atoms with Gasteiger partial charge >= 0.3 is 0 Å². The second kappa shape index (κ2) is 9.74. The molecule has 2 N–H and O–H groups in total. The van der Waals surface area contributed by atoms with Crippen LogP contribution in [0.1, 0.15) is 36.3 Å². The largest absolute Gasteiger partial charge is 0.349 e. The van der Waals surface area contributed by atoms with E-state index in [1.165, 1.54) is 11.3 Å². The number of hydrogen-bond donors (Lipinski definition) is 2. The van der Waals surface area contributed by atoms with Gasteiger partial charge in [-0.1, -0.05) is 37.7 Å². The van der Waals surface area contributed by atoms with Gasteiger partial charge in [0.1, 0.15) is 6.04 Å². The van der Waals surface area contributed by atoms with E-state index in [0.717, 1.165) is 27.5 Å². The molecule has 7 nitrogen and oxygen atoms in total. The Kier molecular flexibility index (Phi) is 6.61. The molecule has 0 saturated carbocycles. The lowest BCUT2D eigenvalue weighted by Gasteiger charge is -2.23. The Morgan fingerprint density at radius 3 is 2.66 bits per heavy atom. The fourth-order valence-corrected chi connectivity index (χ4v) is 4.31. The maximum absolute atomic E-state index is 13.0. The third kappa shape index (κ3) is 4.86. The molecule has 0 spiro atoms. The summed E-state index contributed by atoms with van der Waals surface area (Å²) < 4.78 is 2.86. The zero-order chi connectivity index (χ0) is 22.5. The van der Waals surface area contributed by atoms with Crippen molar-refractivity contribution in [2.75, 3.05) is 0 Å². The normalized spacial score (nSPS) is 12.9. The van der Waals surface area contributed by atoms with Crippen molar-refractivity contribution in [2.45, 2.75) is 32.9 Å². The molecule has 0 aliphatic rings. The van der Waals surface area contributed by atoms with Gasteiger partial charge in [0.15, 0.2) is 5.13 Å². The summed E-state index contributed by atoms with van der Waals surface area (Å²) >= 11 is 1.51. The van der Waals surface area contributed by atoms with Crippen LogP contribution in [-0.2, 0) is 11.3 Å². The Hall–Kier alpha value is -3.52. The molecule has 8 heteroatoms. The summed E-state index contributed by atoms with van der Waals surface area (Å²) in [4.78, 5) is 34.7. The molecule has 164 valence electrons. The Morgan fingerprint density at radius 1 is 1.12 bits per heavy atom. The van der Waals surface area contributed by atoms with Crippen LogP contribution in [0.25, 0.3) is 15.3 Å². The van der Waals surface area contributed by atoms with Crippen molar-refractivity contribution in [3.8, 4) is 5.13 Å². The van der Waals surface area contributed by atoms with Gasteiger partial charge in [0.25, 0.3) is 5.91 Å². The second-order valence-corrected chi connectivity index (χ2v) is 8.65. The van der Waals surface area contributed by atoms with Crippen molar-refractivity contribution in [1.29, 1.82) is 0 Å². The predicted molar refractivity (Wildman–Crippen MR) is 126 cm³/mol. The summed E-state index contributed by atoms with van der Waals surface area (Å²) in [6.07, 6.45) is 6.32. The molecule has 0 fully saturated rings. The number of amides is 2. The van der Waals surface area contributed by atoms with Gasteiger partial charge in [-0.15, -0.1) is 0 Å². The summed E-state index contributed by atoms with van der Waals surface area (Å²) in [5.41, 5.74) is 2.11. The topological polar surface area (TPSA) is 88.9 Å². The monoisotopic (exact) mass is 447 g/mol. The first-order valence-corrected chi connectivity index (χ1v) is 11.4. The van der Waals surface area contributed by atoms with E-state index in [1.54, 1.807) is 12.3 Å². The van der Waals surface area contributed by atoms with E-state index in [2.05, 4.69) is 20.6 Å². The van der Waals surface area contributed by atoms with Gasteiger partial charge < -0.3 is 15.2 Å². The van der Waals surface area contributed by atoms with Gasteiger partial charge in [-0.25, -0.2) is 4.98 Å². The van der Waals surface area contributed by atoms with Gasteiger partial charge in [-0.05, 0) is 48.4 Å². The number of nitrogens with one attached hydrogen (secondary N) is 2. The number of pyridine rings is 1. The second-order valence-electron chi connectivity index (χ2n) is 7.64. The number of benzene rings is 1. The van der Waals surface area contributed by atoms with E-state index >= 15 is 0 Å². The van der Waals surface area contributed by atoms with Gasteiger partial charge in [-0.3, -0.25) is 14.6 Å². The van der Waals surface area contributed by atoms with Crippen LogP contribution in [0, 0.1) is 5.92 Å². The van der Waals surface area contributed by atoms with Crippen LogP contribution in [0.3, 0.4) is 0 Å². The van der Waals surface area contributed by atoms with Crippen LogP contribution in [0.15, 0.2) is 67.1 Å². The molecule has 0 aliphatic heterocycles. The molecule has 4 rings (SSSR count). The third-order valence-electron chi connectivity index (χ3n) is 5.42. The number of thiazole rings is 1. The van der Waals surface area contributed by atoms with E-state index in [9.17, 15) is 9.59 Å². The SMILES string of the molecule is CCC(C)C(NC(=O)c1ccc2nc(-n3cccc3)sc2c1)C(=O)NCc1ccccn1. The predicted octanol–water partition coefficient (Wildman–Crippen LogP) is 3.94. The average Bonchev–Trinajstić information content (AvgIpc) is 3.50. The highest BCUT2D eigenvalue weighted by atomic mass is 32.1. The van der Waals surface area contributed by atoms with E-state index in [-0.39, 0.29) is 17.7 Å². The first-order chi connectivity index (χ1) is 15.5. The molecular formula is C24H25N5O2S. The minimum Gasteiger partial charge on any atom is -0.349 e. The number of fused-ring (bicyclic) bond motifs is 1. The van der Waals surface area contributed by atoms with Crippen molar-refractivity contribution in [3.63, 3.8) is 0 Å². The van der Waals surface area contributed by atoms with Gasteiger partial charge in [0, 0.05) is 24.2 Å². The smallest absolute Gasteiger partial charge is 0.251 e. The molecule has 3 aromatic heterocycles. The average molecular weight is 448 g/mol. The number of nitrogens with zero attached hydrogens (tertiary/aromatic N) is 3. The highest BCUT2D eigenvalue weighted by Crippen LogP contribution is 2.26. The van der Waals surface area contributed by atoms with E-state index in [4.69, 9.17) is 0 Å². The van der Waals surface area contributed by atoms with Crippen LogP contribution >= 0.6 is 11.3 Å². The lowest BCUT2D eigenvalue weighted by Crippen LogP contribution is -2.50. The Morgan fingerprint density at radius 2 is 1.94 bits per heavy atom. The maximum Gasteiger partial charge on any atom is 0.251 e. The Bertz CT molecular complexity index is 1200. The van der Waals surface area contributed by atoms with Crippen LogP contribution in [0.4, 0.5) is 0 Å². The zero-order valence-electron chi connectivity index (χ0n) is 18.0. The van der Waals surface area contributed by atoms with Gasteiger partial charge in [-0.2, -0.15) is 0 Å². The molecule has 2 amide bonds. The molecule has 0 saturated heterocycles. The highest BCUT2D eigenvalue weighted by molar-refractivity contribution is 7.20. The molecular weight excluding hydrogens is 422 g/mol. The van der Waals surface area contributed by atoms with E-state index in [1.807, 2.05) is 73.3 Å². The van der Waals surface area contributed by atoms with Crippen molar-refractivity contribution in [1.82, 2.24) is 25.2 Å². The standard InChI is InChI=1S/C24H25N5O2S/c1-3-16(2)21(23(31)26-15-18-8-4-5-11-25-18)28-22(30)17-9-10-19-20(14-17)32-24(27-19)29-12-6-7-13-29/h4-14,16,21H,3,15H2,1-2H3,(H,26,31)(H,28,30). The van der Waals surface area contributed by atoms with Crippen molar-refractivity contribution >= 4 is 33.4 Å². The molecule has 2 unspecified atom stereocenters. The molecule has 1 aromatic carbocycles. The fourth-order valence-electron chi connectivity index (χ4n) is 3.34. The first kappa shape index (κ1) is 21.7. The molecule has 0 aliphatic carbocycles. The summed E-state index contributed by atoms with van der Waals surface area (Å²) in [5.74, 6) is -0.511. The van der Waals surface area contributed by atoms with Crippen LogP contribution in [0.2, 0.25) is 0 Å². The Balaban J connectivity index is 1.48. The Labute approximate surface area is 190 Å². The number of rotatable bonds is 8. The van der Waals surface area contributed by atoms with Crippen molar-refractivity contribution < 1.29 is 9.59 Å². The van der Waals surface area contributed by atoms with Crippen molar-refractivity contribution in [3.05, 3.63) is 78.4 Å².